The number of thioether (sulfide) groups is 1. The lowest BCUT2D eigenvalue weighted by Crippen LogP contribution is -2.17. The number of hydrogen-bond donors (Lipinski definition) is 0. The number of rotatable bonds is 3. The summed E-state index contributed by atoms with van der Waals surface area (Å²) in [6.45, 7) is 1.45. The van der Waals surface area contributed by atoms with Gasteiger partial charge in [0.2, 0.25) is 0 Å². The van der Waals surface area contributed by atoms with Crippen molar-refractivity contribution in [2.24, 2.45) is 0 Å². The summed E-state index contributed by atoms with van der Waals surface area (Å²) in [7, 11) is 0. The van der Waals surface area contributed by atoms with E-state index in [0.29, 0.717) is 14.7 Å². The van der Waals surface area contributed by atoms with Crippen LogP contribution >= 0.6 is 27.7 Å². The Hall–Kier alpha value is -0.660. The van der Waals surface area contributed by atoms with Crippen molar-refractivity contribution >= 4 is 33.4 Å². The van der Waals surface area contributed by atoms with Crippen molar-refractivity contribution < 1.29 is 9.66 Å². The highest BCUT2D eigenvalue weighted by molar-refractivity contribution is 9.10. The van der Waals surface area contributed by atoms with Gasteiger partial charge in [-0.25, -0.2) is 4.98 Å². The minimum absolute atomic E-state index is 0.0656. The topological polar surface area (TPSA) is 65.3 Å². The van der Waals surface area contributed by atoms with Crippen molar-refractivity contribution in [2.45, 2.75) is 23.1 Å². The van der Waals surface area contributed by atoms with E-state index in [9.17, 15) is 10.1 Å². The highest BCUT2D eigenvalue weighted by Gasteiger charge is 2.22. The fourth-order valence-electron chi connectivity index (χ4n) is 1.59. The van der Waals surface area contributed by atoms with Gasteiger partial charge >= 0.3 is 5.69 Å². The molecule has 0 spiro atoms. The Morgan fingerprint density at radius 1 is 1.53 bits per heavy atom. The predicted molar refractivity (Wildman–Crippen MR) is 68.3 cm³/mol. The van der Waals surface area contributed by atoms with Crippen molar-refractivity contribution in [2.75, 3.05) is 13.2 Å². The Bertz CT molecular complexity index is 424. The van der Waals surface area contributed by atoms with Crippen LogP contribution < -0.4 is 0 Å². The highest BCUT2D eigenvalue weighted by Crippen LogP contribution is 2.35. The fourth-order valence-corrected chi connectivity index (χ4v) is 3.02. The molecule has 0 bridgehead atoms. The first-order chi connectivity index (χ1) is 8.16. The molecule has 0 aromatic carbocycles. The van der Waals surface area contributed by atoms with Crippen LogP contribution in [0.15, 0.2) is 21.8 Å². The van der Waals surface area contributed by atoms with Crippen LogP contribution in [-0.4, -0.2) is 28.4 Å². The molecule has 92 valence electrons. The Kier molecular flexibility index (Phi) is 4.36. The third-order valence-corrected chi connectivity index (χ3v) is 4.22. The van der Waals surface area contributed by atoms with E-state index < -0.39 is 0 Å². The smallest absolute Gasteiger partial charge is 0.302 e. The molecular weight excluding hydrogens is 308 g/mol. The van der Waals surface area contributed by atoms with Gasteiger partial charge in [-0.05, 0) is 28.8 Å². The quantitative estimate of drug-likeness (QED) is 0.633. The number of hydrogen-bond acceptors (Lipinski definition) is 5. The summed E-state index contributed by atoms with van der Waals surface area (Å²) in [6, 6.07) is 1.49. The van der Waals surface area contributed by atoms with Crippen LogP contribution in [0.2, 0.25) is 0 Å². The van der Waals surface area contributed by atoms with Crippen molar-refractivity contribution in [1.82, 2.24) is 4.98 Å². The van der Waals surface area contributed by atoms with Crippen LogP contribution in [0.1, 0.15) is 12.8 Å². The molecule has 0 unspecified atom stereocenters. The van der Waals surface area contributed by atoms with Crippen LogP contribution in [-0.2, 0) is 4.74 Å². The van der Waals surface area contributed by atoms with Crippen LogP contribution in [0, 0.1) is 10.1 Å². The minimum Gasteiger partial charge on any atom is -0.381 e. The Morgan fingerprint density at radius 3 is 2.88 bits per heavy atom. The van der Waals surface area contributed by atoms with Crippen molar-refractivity contribution in [3.63, 3.8) is 0 Å². The fraction of sp³-hybridized carbons (Fsp3) is 0.500. The highest BCUT2D eigenvalue weighted by atomic mass is 79.9. The summed E-state index contributed by atoms with van der Waals surface area (Å²) < 4.78 is 5.88. The molecule has 17 heavy (non-hydrogen) atoms. The number of aromatic nitrogens is 1. The first-order valence-corrected chi connectivity index (χ1v) is 6.88. The summed E-state index contributed by atoms with van der Waals surface area (Å²) in [4.78, 5) is 14.7. The van der Waals surface area contributed by atoms with E-state index in [4.69, 9.17) is 4.74 Å². The molecule has 2 heterocycles. The van der Waals surface area contributed by atoms with E-state index in [1.807, 2.05) is 0 Å². The van der Waals surface area contributed by atoms with E-state index >= 15 is 0 Å². The van der Waals surface area contributed by atoms with Gasteiger partial charge in [-0.3, -0.25) is 10.1 Å². The summed E-state index contributed by atoms with van der Waals surface area (Å²) in [5, 5.41) is 11.8. The Morgan fingerprint density at radius 2 is 2.24 bits per heavy atom. The molecule has 1 saturated heterocycles. The molecule has 0 radical (unpaired) electrons. The maximum Gasteiger partial charge on any atom is 0.302 e. The molecule has 1 aromatic heterocycles. The van der Waals surface area contributed by atoms with Gasteiger partial charge in [0.15, 0.2) is 5.03 Å². The molecule has 1 fully saturated rings. The molecule has 1 aliphatic rings. The molecule has 0 saturated carbocycles. The number of ether oxygens (including phenoxy) is 1. The monoisotopic (exact) mass is 318 g/mol. The number of nitro groups is 1. The maximum atomic E-state index is 10.9. The average molecular weight is 319 g/mol. The first kappa shape index (κ1) is 12.8. The van der Waals surface area contributed by atoms with Crippen LogP contribution in [0.5, 0.6) is 0 Å². The summed E-state index contributed by atoms with van der Waals surface area (Å²) in [6.07, 6.45) is 3.42. The summed E-state index contributed by atoms with van der Waals surface area (Å²) >= 11 is 4.67. The first-order valence-electron chi connectivity index (χ1n) is 5.21. The molecule has 7 heteroatoms. The largest absolute Gasteiger partial charge is 0.381 e. The zero-order valence-corrected chi connectivity index (χ0v) is 11.4. The average Bonchev–Trinajstić information content (AvgIpc) is 2.32. The van der Waals surface area contributed by atoms with Gasteiger partial charge in [0.05, 0.1) is 4.92 Å². The van der Waals surface area contributed by atoms with Crippen LogP contribution in [0.4, 0.5) is 5.69 Å². The Labute approximate surface area is 111 Å². The van der Waals surface area contributed by atoms with Gasteiger partial charge in [-0.1, -0.05) is 11.8 Å². The molecule has 1 aromatic rings. The molecule has 1 aliphatic heterocycles. The van der Waals surface area contributed by atoms with Gasteiger partial charge in [0.1, 0.15) is 0 Å². The Balaban J connectivity index is 2.16. The van der Waals surface area contributed by atoms with E-state index in [2.05, 4.69) is 20.9 Å². The van der Waals surface area contributed by atoms with Gasteiger partial charge in [0, 0.05) is 35.2 Å². The van der Waals surface area contributed by atoms with Crippen molar-refractivity contribution in [3.8, 4) is 0 Å². The second kappa shape index (κ2) is 5.79. The number of pyridine rings is 1. The SMILES string of the molecule is O=[N+]([O-])c1cc(Br)cnc1SC1CCOCC1. The minimum atomic E-state index is -0.389. The summed E-state index contributed by atoms with van der Waals surface area (Å²) in [5.74, 6) is 0. The lowest BCUT2D eigenvalue weighted by molar-refractivity contribution is -0.388. The third-order valence-electron chi connectivity index (χ3n) is 2.44. The van der Waals surface area contributed by atoms with Gasteiger partial charge < -0.3 is 4.74 Å². The molecule has 0 amide bonds. The normalized spacial score (nSPS) is 17.0. The van der Waals surface area contributed by atoms with Crippen molar-refractivity contribution in [3.05, 3.63) is 26.9 Å². The van der Waals surface area contributed by atoms with Crippen molar-refractivity contribution in [1.29, 1.82) is 0 Å². The zero-order valence-electron chi connectivity index (χ0n) is 8.97. The molecule has 0 atom stereocenters. The third kappa shape index (κ3) is 3.40. The van der Waals surface area contributed by atoms with Crippen LogP contribution in [0.25, 0.3) is 0 Å². The molecule has 2 rings (SSSR count). The zero-order chi connectivity index (χ0) is 12.3. The summed E-state index contributed by atoms with van der Waals surface area (Å²) in [5.41, 5.74) is 0.0656. The second-order valence-electron chi connectivity index (χ2n) is 3.66. The van der Waals surface area contributed by atoms with Crippen LogP contribution in [0.3, 0.4) is 0 Å². The molecular formula is C10H11BrN2O3S. The van der Waals surface area contributed by atoms with E-state index in [0.717, 1.165) is 26.1 Å². The van der Waals surface area contributed by atoms with E-state index in [1.165, 1.54) is 17.8 Å². The van der Waals surface area contributed by atoms with Gasteiger partial charge in [-0.2, -0.15) is 0 Å². The van der Waals surface area contributed by atoms with Gasteiger partial charge in [0.25, 0.3) is 0 Å². The number of nitrogens with zero attached hydrogens (tertiary/aromatic N) is 2. The van der Waals surface area contributed by atoms with E-state index in [-0.39, 0.29) is 10.6 Å². The predicted octanol–water partition coefficient (Wildman–Crippen LogP) is 3.02. The second-order valence-corrected chi connectivity index (χ2v) is 5.87. The number of halogens is 1. The molecule has 5 nitrogen and oxygen atoms in total. The maximum absolute atomic E-state index is 10.9. The lowest BCUT2D eigenvalue weighted by Gasteiger charge is -2.20. The van der Waals surface area contributed by atoms with E-state index in [1.54, 1.807) is 6.20 Å². The van der Waals surface area contributed by atoms with Gasteiger partial charge in [-0.15, -0.1) is 0 Å². The molecule has 0 N–H and O–H groups in total. The lowest BCUT2D eigenvalue weighted by atomic mass is 10.2. The molecule has 0 aliphatic carbocycles. The standard InChI is InChI=1S/C10H11BrN2O3S/c11-7-5-9(13(14)15)10(12-6-7)17-8-1-3-16-4-2-8/h5-6,8H,1-4H2.